The molecule has 0 atom stereocenters. The Morgan fingerprint density at radius 3 is 2.50 bits per heavy atom. The smallest absolute Gasteiger partial charge is 0.379 e. The van der Waals surface area contributed by atoms with E-state index in [4.69, 9.17) is 9.15 Å². The van der Waals surface area contributed by atoms with E-state index in [-0.39, 0.29) is 17.3 Å². The van der Waals surface area contributed by atoms with Crippen molar-refractivity contribution in [1.29, 1.82) is 0 Å². The predicted octanol–water partition coefficient (Wildman–Crippen LogP) is 3.46. The zero-order valence-electron chi connectivity index (χ0n) is 9.48. The van der Waals surface area contributed by atoms with Crippen molar-refractivity contribution in [3.8, 4) is 5.75 Å². The number of halogens is 1. The molecular weight excluding hydrogens is 300 g/mol. The van der Waals surface area contributed by atoms with Crippen molar-refractivity contribution < 1.29 is 18.7 Å². The summed E-state index contributed by atoms with van der Waals surface area (Å²) in [4.78, 5) is 23.1. The molecule has 0 fully saturated rings. The lowest BCUT2D eigenvalue weighted by Gasteiger charge is -2.06. The van der Waals surface area contributed by atoms with Crippen molar-refractivity contribution in [2.24, 2.45) is 0 Å². The number of carbonyl (C=O) groups is 2. The number of carbonyl (C=O) groups excluding carboxylic acids is 2. The first-order valence-corrected chi connectivity index (χ1v) is 5.94. The molecule has 4 nitrogen and oxygen atoms in total. The fourth-order valence-corrected chi connectivity index (χ4v) is 1.73. The molecule has 0 aliphatic carbocycles. The maximum absolute atomic E-state index is 11.8. The number of furan rings is 1. The molecule has 0 amide bonds. The third kappa shape index (κ3) is 2.68. The van der Waals surface area contributed by atoms with E-state index in [1.165, 1.54) is 13.0 Å². The summed E-state index contributed by atoms with van der Waals surface area (Å²) in [6, 6.07) is 9.64. The number of para-hydroxylation sites is 1. The van der Waals surface area contributed by atoms with Crippen molar-refractivity contribution in [2.75, 3.05) is 0 Å². The van der Waals surface area contributed by atoms with Crippen molar-refractivity contribution in [2.45, 2.75) is 6.92 Å². The zero-order chi connectivity index (χ0) is 13.1. The molecule has 2 rings (SSSR count). The molecule has 92 valence electrons. The molecule has 0 saturated heterocycles. The van der Waals surface area contributed by atoms with E-state index in [0.717, 1.165) is 0 Å². The molecule has 1 heterocycles. The van der Waals surface area contributed by atoms with E-state index < -0.39 is 5.97 Å². The molecule has 5 heteroatoms. The molecule has 1 aromatic carbocycles. The molecule has 0 unspecified atom stereocenters. The van der Waals surface area contributed by atoms with E-state index in [9.17, 15) is 9.59 Å². The van der Waals surface area contributed by atoms with Gasteiger partial charge in [-0.3, -0.25) is 4.79 Å². The summed E-state index contributed by atoms with van der Waals surface area (Å²) in [5, 5.41) is 0. The highest BCUT2D eigenvalue weighted by Gasteiger charge is 2.16. The number of hydrogen-bond donors (Lipinski definition) is 0. The molecule has 18 heavy (non-hydrogen) atoms. The van der Waals surface area contributed by atoms with E-state index in [0.29, 0.717) is 10.2 Å². The Bertz CT molecular complexity index is 601. The Morgan fingerprint density at radius 2 is 1.89 bits per heavy atom. The maximum atomic E-state index is 11.8. The monoisotopic (exact) mass is 308 g/mol. The Kier molecular flexibility index (Phi) is 3.62. The van der Waals surface area contributed by atoms with Crippen LogP contribution in [0.5, 0.6) is 5.75 Å². The van der Waals surface area contributed by atoms with Gasteiger partial charge in [0.05, 0.1) is 5.56 Å². The van der Waals surface area contributed by atoms with Crippen molar-refractivity contribution in [1.82, 2.24) is 0 Å². The molecule has 0 saturated carbocycles. The average molecular weight is 309 g/mol. The van der Waals surface area contributed by atoms with Crippen LogP contribution in [0.25, 0.3) is 0 Å². The minimum atomic E-state index is -0.644. The summed E-state index contributed by atoms with van der Waals surface area (Å²) in [6.45, 7) is 1.41. The van der Waals surface area contributed by atoms with Gasteiger partial charge in [-0.15, -0.1) is 0 Å². The Balaban J connectivity index is 2.24. The first-order valence-electron chi connectivity index (χ1n) is 5.15. The van der Waals surface area contributed by atoms with Crippen molar-refractivity contribution in [3.05, 3.63) is 52.4 Å². The third-order valence-electron chi connectivity index (χ3n) is 2.24. The molecule has 1 aromatic heterocycles. The van der Waals surface area contributed by atoms with Gasteiger partial charge in [0.15, 0.2) is 10.5 Å². The standard InChI is InChI=1S/C13H9BrO4/c1-8(15)9-4-2-3-5-10(9)18-13(16)11-6-7-12(14)17-11/h2-7H,1H3. The Hall–Kier alpha value is -1.88. The van der Waals surface area contributed by atoms with Gasteiger partial charge < -0.3 is 9.15 Å². The van der Waals surface area contributed by atoms with E-state index in [1.807, 2.05) is 0 Å². The van der Waals surface area contributed by atoms with E-state index >= 15 is 0 Å². The van der Waals surface area contributed by atoms with E-state index in [2.05, 4.69) is 15.9 Å². The van der Waals surface area contributed by atoms with Crippen LogP contribution in [-0.2, 0) is 0 Å². The SMILES string of the molecule is CC(=O)c1ccccc1OC(=O)c1ccc(Br)o1. The zero-order valence-corrected chi connectivity index (χ0v) is 11.1. The van der Waals surface area contributed by atoms with Crippen LogP contribution in [0.2, 0.25) is 0 Å². The topological polar surface area (TPSA) is 56.5 Å². The van der Waals surface area contributed by atoms with Crippen LogP contribution in [0.3, 0.4) is 0 Å². The van der Waals surface area contributed by atoms with Crippen LogP contribution in [-0.4, -0.2) is 11.8 Å². The van der Waals surface area contributed by atoms with Gasteiger partial charge in [-0.1, -0.05) is 12.1 Å². The predicted molar refractivity (Wildman–Crippen MR) is 67.8 cm³/mol. The fourth-order valence-electron chi connectivity index (χ4n) is 1.42. The van der Waals surface area contributed by atoms with Crippen LogP contribution in [0.1, 0.15) is 27.8 Å². The fraction of sp³-hybridized carbons (Fsp3) is 0.0769. The highest BCUT2D eigenvalue weighted by Crippen LogP contribution is 2.21. The second-order valence-electron chi connectivity index (χ2n) is 3.55. The second-order valence-corrected chi connectivity index (χ2v) is 4.33. The number of esters is 1. The number of ether oxygens (including phenoxy) is 1. The summed E-state index contributed by atoms with van der Waals surface area (Å²) in [5.41, 5.74) is 0.358. The van der Waals surface area contributed by atoms with Gasteiger partial charge in [0.25, 0.3) is 0 Å². The molecule has 0 spiro atoms. The summed E-state index contributed by atoms with van der Waals surface area (Å²) in [5.74, 6) is -0.517. The second kappa shape index (κ2) is 5.18. The molecule has 0 N–H and O–H groups in total. The highest BCUT2D eigenvalue weighted by atomic mass is 79.9. The Labute approximate surface area is 112 Å². The molecule has 0 radical (unpaired) electrons. The first-order chi connectivity index (χ1) is 8.58. The molecule has 0 aliphatic heterocycles. The summed E-state index contributed by atoms with van der Waals surface area (Å²) >= 11 is 3.10. The van der Waals surface area contributed by atoms with Crippen molar-refractivity contribution in [3.63, 3.8) is 0 Å². The number of rotatable bonds is 3. The van der Waals surface area contributed by atoms with Crippen LogP contribution < -0.4 is 4.74 Å². The van der Waals surface area contributed by atoms with Gasteiger partial charge >= 0.3 is 5.97 Å². The minimum absolute atomic E-state index is 0.0697. The van der Waals surface area contributed by atoms with Gasteiger partial charge in [0.1, 0.15) is 5.75 Å². The number of hydrogen-bond acceptors (Lipinski definition) is 4. The molecule has 0 bridgehead atoms. The van der Waals surface area contributed by atoms with Gasteiger partial charge in [-0.05, 0) is 47.1 Å². The van der Waals surface area contributed by atoms with Crippen LogP contribution in [0, 0.1) is 0 Å². The van der Waals surface area contributed by atoms with Crippen LogP contribution >= 0.6 is 15.9 Å². The van der Waals surface area contributed by atoms with Gasteiger partial charge in [-0.25, -0.2) is 4.79 Å². The maximum Gasteiger partial charge on any atom is 0.379 e. The van der Waals surface area contributed by atoms with Crippen molar-refractivity contribution >= 4 is 27.7 Å². The third-order valence-corrected chi connectivity index (χ3v) is 2.67. The summed E-state index contributed by atoms with van der Waals surface area (Å²) in [6.07, 6.45) is 0. The molecule has 2 aromatic rings. The first kappa shape index (κ1) is 12.6. The van der Waals surface area contributed by atoms with Gasteiger partial charge in [0, 0.05) is 0 Å². The largest absolute Gasteiger partial charge is 0.442 e. The Morgan fingerprint density at radius 1 is 1.17 bits per heavy atom. The normalized spacial score (nSPS) is 10.1. The lowest BCUT2D eigenvalue weighted by Crippen LogP contribution is -2.09. The lowest BCUT2D eigenvalue weighted by atomic mass is 10.1. The van der Waals surface area contributed by atoms with Crippen LogP contribution in [0.15, 0.2) is 45.5 Å². The van der Waals surface area contributed by atoms with Gasteiger partial charge in [0.2, 0.25) is 5.76 Å². The highest BCUT2D eigenvalue weighted by molar-refractivity contribution is 9.10. The van der Waals surface area contributed by atoms with Gasteiger partial charge in [-0.2, -0.15) is 0 Å². The number of ketones is 1. The average Bonchev–Trinajstić information content (AvgIpc) is 2.76. The minimum Gasteiger partial charge on any atom is -0.442 e. The molecular formula is C13H9BrO4. The van der Waals surface area contributed by atoms with E-state index in [1.54, 1.807) is 30.3 Å². The van der Waals surface area contributed by atoms with Crippen LogP contribution in [0.4, 0.5) is 0 Å². The summed E-state index contributed by atoms with van der Waals surface area (Å²) in [7, 11) is 0. The quantitative estimate of drug-likeness (QED) is 0.495. The number of Topliss-reactive ketones (excluding diaryl/α,β-unsaturated/α-hetero) is 1. The summed E-state index contributed by atoms with van der Waals surface area (Å²) < 4.78 is 10.6. The lowest BCUT2D eigenvalue weighted by molar-refractivity contribution is 0.0698. The number of benzene rings is 1. The molecule has 0 aliphatic rings.